The quantitative estimate of drug-likeness (QED) is 0.780. The second kappa shape index (κ2) is 6.22. The molecule has 27 heavy (non-hydrogen) atoms. The van der Waals surface area contributed by atoms with Gasteiger partial charge in [-0.3, -0.25) is 9.69 Å². The summed E-state index contributed by atoms with van der Waals surface area (Å²) in [6, 6.07) is 4.95. The van der Waals surface area contributed by atoms with E-state index in [-0.39, 0.29) is 18.0 Å². The lowest BCUT2D eigenvalue weighted by molar-refractivity contribution is -0.134. The lowest BCUT2D eigenvalue weighted by Crippen LogP contribution is -2.57. The molecule has 0 atom stereocenters. The largest absolute Gasteiger partial charge is 0.334 e. The summed E-state index contributed by atoms with van der Waals surface area (Å²) in [7, 11) is 3.14. The number of aromatic nitrogens is 2. The molecule has 1 aromatic carbocycles. The zero-order chi connectivity index (χ0) is 19.2. The van der Waals surface area contributed by atoms with Crippen LogP contribution in [-0.2, 0) is 11.3 Å². The number of nitrogens with zero attached hydrogens (tertiary/aromatic N) is 5. The molecule has 0 unspecified atom stereocenters. The summed E-state index contributed by atoms with van der Waals surface area (Å²) in [6.45, 7) is 1.17. The van der Waals surface area contributed by atoms with Crippen LogP contribution in [0.1, 0.15) is 18.4 Å². The Balaban J connectivity index is 1.36. The van der Waals surface area contributed by atoms with Gasteiger partial charge in [-0.05, 0) is 40.9 Å². The van der Waals surface area contributed by atoms with Gasteiger partial charge in [0.15, 0.2) is 0 Å². The van der Waals surface area contributed by atoms with Gasteiger partial charge in [0.05, 0.1) is 0 Å². The van der Waals surface area contributed by atoms with Gasteiger partial charge in [0.2, 0.25) is 0 Å². The zero-order valence-electron chi connectivity index (χ0n) is 15.1. The van der Waals surface area contributed by atoms with Crippen molar-refractivity contribution in [1.29, 1.82) is 0 Å². The van der Waals surface area contributed by atoms with Gasteiger partial charge in [-0.25, -0.2) is 14.2 Å². The smallest absolute Gasteiger partial charge is 0.327 e. The van der Waals surface area contributed by atoms with Crippen LogP contribution in [0, 0.1) is 0 Å². The Morgan fingerprint density at radius 2 is 1.89 bits per heavy atom. The Kier molecular flexibility index (Phi) is 3.97. The van der Waals surface area contributed by atoms with E-state index in [9.17, 15) is 14.4 Å². The van der Waals surface area contributed by atoms with Crippen molar-refractivity contribution in [2.45, 2.75) is 24.9 Å². The molecular weight excluding hydrogens is 352 g/mol. The SMILES string of the molecule is CN1C(=O)N(C)C2(CCN(C(=O)NCc3ccc4nonc4c3)CC2)C1=O. The van der Waals surface area contributed by atoms with Crippen LogP contribution in [0.4, 0.5) is 9.59 Å². The van der Waals surface area contributed by atoms with Crippen molar-refractivity contribution in [3.63, 3.8) is 0 Å². The maximum Gasteiger partial charge on any atom is 0.327 e. The molecule has 0 aliphatic carbocycles. The van der Waals surface area contributed by atoms with Crippen molar-refractivity contribution in [2.75, 3.05) is 27.2 Å². The third-order valence-corrected chi connectivity index (χ3v) is 5.56. The van der Waals surface area contributed by atoms with Crippen LogP contribution in [0.25, 0.3) is 11.0 Å². The van der Waals surface area contributed by atoms with E-state index in [2.05, 4.69) is 20.3 Å². The lowest BCUT2D eigenvalue weighted by Gasteiger charge is -2.40. The second-order valence-electron chi connectivity index (χ2n) is 6.97. The number of piperidine rings is 1. The molecule has 10 nitrogen and oxygen atoms in total. The summed E-state index contributed by atoms with van der Waals surface area (Å²) in [6.07, 6.45) is 0.866. The number of imide groups is 1. The van der Waals surface area contributed by atoms with Gasteiger partial charge in [-0.1, -0.05) is 6.07 Å². The standard InChI is InChI=1S/C17H20N6O4/c1-21-14(24)17(22(2)16(21)26)5-7-23(8-6-17)15(25)18-10-11-3-4-12-13(9-11)20-27-19-12/h3-4,9H,5-8,10H2,1-2H3,(H,18,25). The third kappa shape index (κ3) is 2.68. The van der Waals surface area contributed by atoms with Crippen LogP contribution < -0.4 is 5.32 Å². The molecule has 1 spiro atoms. The fourth-order valence-corrected chi connectivity index (χ4v) is 3.81. The monoisotopic (exact) mass is 372 g/mol. The van der Waals surface area contributed by atoms with Crippen LogP contribution >= 0.6 is 0 Å². The molecule has 2 saturated heterocycles. The predicted molar refractivity (Wildman–Crippen MR) is 93.5 cm³/mol. The Labute approximate surface area is 155 Å². The summed E-state index contributed by atoms with van der Waals surface area (Å²) in [5.74, 6) is -0.190. The Bertz CT molecular complexity index is 917. The molecule has 142 valence electrons. The number of carbonyl (C=O) groups excluding carboxylic acids is 3. The van der Waals surface area contributed by atoms with E-state index in [0.29, 0.717) is 43.5 Å². The number of nitrogens with one attached hydrogen (secondary N) is 1. The highest BCUT2D eigenvalue weighted by Gasteiger charge is 2.55. The fraction of sp³-hybridized carbons (Fsp3) is 0.471. The van der Waals surface area contributed by atoms with E-state index in [1.165, 1.54) is 11.9 Å². The summed E-state index contributed by atoms with van der Waals surface area (Å²) in [5.41, 5.74) is 1.36. The van der Waals surface area contributed by atoms with Crippen LogP contribution in [0.15, 0.2) is 22.8 Å². The molecule has 0 radical (unpaired) electrons. The molecule has 0 bridgehead atoms. The summed E-state index contributed by atoms with van der Waals surface area (Å²) in [4.78, 5) is 41.4. The van der Waals surface area contributed by atoms with Gasteiger partial charge < -0.3 is 15.1 Å². The topological polar surface area (TPSA) is 112 Å². The molecule has 5 amide bonds. The zero-order valence-corrected chi connectivity index (χ0v) is 15.1. The lowest BCUT2D eigenvalue weighted by atomic mass is 9.86. The van der Waals surface area contributed by atoms with E-state index >= 15 is 0 Å². The minimum absolute atomic E-state index is 0.190. The maximum atomic E-state index is 12.5. The average Bonchev–Trinajstić information content (AvgIpc) is 3.22. The number of amides is 5. The van der Waals surface area contributed by atoms with Crippen molar-refractivity contribution in [2.24, 2.45) is 0 Å². The van der Waals surface area contributed by atoms with Gasteiger partial charge in [0.1, 0.15) is 16.6 Å². The van der Waals surface area contributed by atoms with Crippen molar-refractivity contribution >= 4 is 29.0 Å². The van der Waals surface area contributed by atoms with E-state index < -0.39 is 5.54 Å². The van der Waals surface area contributed by atoms with Gasteiger partial charge in [0, 0.05) is 33.7 Å². The number of fused-ring (bicyclic) bond motifs is 1. The van der Waals surface area contributed by atoms with E-state index in [4.69, 9.17) is 0 Å². The number of likely N-dealkylation sites (tertiary alicyclic amines) is 1. The number of hydrogen-bond donors (Lipinski definition) is 1. The first-order chi connectivity index (χ1) is 12.9. The number of urea groups is 2. The molecule has 4 rings (SSSR count). The Morgan fingerprint density at radius 3 is 2.56 bits per heavy atom. The highest BCUT2D eigenvalue weighted by Crippen LogP contribution is 2.35. The second-order valence-corrected chi connectivity index (χ2v) is 6.97. The number of benzene rings is 1. The first-order valence-corrected chi connectivity index (χ1v) is 8.72. The number of hydrogen-bond acceptors (Lipinski definition) is 6. The fourth-order valence-electron chi connectivity index (χ4n) is 3.81. The molecule has 1 aromatic heterocycles. The summed E-state index contributed by atoms with van der Waals surface area (Å²) < 4.78 is 4.66. The maximum absolute atomic E-state index is 12.5. The molecule has 2 aromatic rings. The molecule has 3 heterocycles. The van der Waals surface area contributed by atoms with Gasteiger partial charge in [-0.2, -0.15) is 0 Å². The van der Waals surface area contributed by atoms with Crippen molar-refractivity contribution in [3.8, 4) is 0 Å². The molecule has 10 heteroatoms. The molecule has 2 aliphatic rings. The van der Waals surface area contributed by atoms with Crippen LogP contribution in [0.2, 0.25) is 0 Å². The third-order valence-electron chi connectivity index (χ3n) is 5.56. The minimum atomic E-state index is -0.826. The first-order valence-electron chi connectivity index (χ1n) is 8.72. The molecule has 0 saturated carbocycles. The van der Waals surface area contributed by atoms with Crippen LogP contribution in [0.5, 0.6) is 0 Å². The number of rotatable bonds is 2. The van der Waals surface area contributed by atoms with Crippen molar-refractivity contribution < 1.29 is 19.0 Å². The van der Waals surface area contributed by atoms with E-state index in [0.717, 1.165) is 10.5 Å². The Morgan fingerprint density at radius 1 is 1.19 bits per heavy atom. The van der Waals surface area contributed by atoms with Gasteiger partial charge in [-0.15, -0.1) is 0 Å². The normalized spacial score (nSPS) is 19.4. The average molecular weight is 372 g/mol. The van der Waals surface area contributed by atoms with Crippen LogP contribution in [0.3, 0.4) is 0 Å². The number of carbonyl (C=O) groups is 3. The summed E-state index contributed by atoms with van der Waals surface area (Å²) in [5, 5.41) is 10.4. The van der Waals surface area contributed by atoms with Gasteiger partial charge in [0.25, 0.3) is 5.91 Å². The highest BCUT2D eigenvalue weighted by atomic mass is 16.6. The molecular formula is C17H20N6O4. The molecule has 1 N–H and O–H groups in total. The van der Waals surface area contributed by atoms with Gasteiger partial charge >= 0.3 is 12.1 Å². The highest BCUT2D eigenvalue weighted by molar-refractivity contribution is 6.06. The minimum Gasteiger partial charge on any atom is -0.334 e. The predicted octanol–water partition coefficient (Wildman–Crippen LogP) is 0.791. The number of likely N-dealkylation sites (N-methyl/N-ethyl adjacent to an activating group) is 2. The van der Waals surface area contributed by atoms with E-state index in [1.807, 2.05) is 12.1 Å². The van der Waals surface area contributed by atoms with Crippen LogP contribution in [-0.4, -0.2) is 75.7 Å². The Hall–Kier alpha value is -3.17. The first kappa shape index (κ1) is 17.3. The van der Waals surface area contributed by atoms with Crippen molar-refractivity contribution in [3.05, 3.63) is 23.8 Å². The summed E-state index contributed by atoms with van der Waals surface area (Å²) >= 11 is 0. The molecule has 2 aliphatic heterocycles. The van der Waals surface area contributed by atoms with E-state index in [1.54, 1.807) is 18.0 Å². The molecule has 2 fully saturated rings. The van der Waals surface area contributed by atoms with Crippen molar-refractivity contribution in [1.82, 2.24) is 30.3 Å².